The smallest absolute Gasteiger partial charge is 0.266 e. The fourth-order valence-electron chi connectivity index (χ4n) is 1.29. The molecule has 0 aliphatic heterocycles. The van der Waals surface area contributed by atoms with Gasteiger partial charge in [-0.1, -0.05) is 0 Å². The van der Waals surface area contributed by atoms with Crippen LogP contribution in [0, 0.1) is 0 Å². The second-order valence-electron chi connectivity index (χ2n) is 3.07. The molecule has 60 valence electrons. The third-order valence-electron chi connectivity index (χ3n) is 2.14. The Balaban J connectivity index is 2.36. The molecule has 1 aliphatic rings. The molecule has 0 spiro atoms. The summed E-state index contributed by atoms with van der Waals surface area (Å²) in [5.74, 6) is 0.649. The van der Waals surface area contributed by atoms with Crippen LogP contribution in [-0.2, 0) is 6.54 Å². The van der Waals surface area contributed by atoms with Gasteiger partial charge in [0.2, 0.25) is 0 Å². The molecule has 1 aromatic heterocycles. The summed E-state index contributed by atoms with van der Waals surface area (Å²) in [4.78, 5) is 11.1. The van der Waals surface area contributed by atoms with Crippen molar-refractivity contribution in [2.75, 3.05) is 0 Å². The molecule has 3 nitrogen and oxygen atoms in total. The Morgan fingerprint density at radius 3 is 2.91 bits per heavy atom. The molecule has 11 heavy (non-hydrogen) atoms. The highest BCUT2D eigenvalue weighted by Crippen LogP contribution is 2.38. The second-order valence-corrected chi connectivity index (χ2v) is 3.07. The minimum atomic E-state index is 0.106. The van der Waals surface area contributed by atoms with Crippen molar-refractivity contribution in [2.24, 2.45) is 0 Å². The molecule has 2 rings (SSSR count). The summed E-state index contributed by atoms with van der Waals surface area (Å²) in [5.41, 5.74) is 1.23. The number of aromatic amines is 1. The average molecular weight is 152 g/mol. The number of hydrogen-bond donors (Lipinski definition) is 1. The largest absolute Gasteiger partial charge is 0.299 e. The van der Waals surface area contributed by atoms with Gasteiger partial charge in [0.1, 0.15) is 0 Å². The summed E-state index contributed by atoms with van der Waals surface area (Å²) in [6.07, 6.45) is 2.48. The molecule has 0 saturated heterocycles. The number of H-pyrrole nitrogens is 1. The summed E-state index contributed by atoms with van der Waals surface area (Å²) >= 11 is 0. The van der Waals surface area contributed by atoms with Gasteiger partial charge >= 0.3 is 0 Å². The van der Waals surface area contributed by atoms with Gasteiger partial charge in [-0.25, -0.2) is 0 Å². The first-order valence-corrected chi connectivity index (χ1v) is 4.11. The van der Waals surface area contributed by atoms with E-state index in [1.807, 2.05) is 6.92 Å². The second kappa shape index (κ2) is 2.26. The van der Waals surface area contributed by atoms with Crippen molar-refractivity contribution in [1.29, 1.82) is 0 Å². The Morgan fingerprint density at radius 2 is 2.45 bits per heavy atom. The van der Waals surface area contributed by atoms with Crippen LogP contribution in [-0.4, -0.2) is 9.78 Å². The Bertz CT molecular complexity index is 306. The van der Waals surface area contributed by atoms with Crippen molar-refractivity contribution in [2.45, 2.75) is 32.2 Å². The van der Waals surface area contributed by atoms with Crippen LogP contribution in [0.1, 0.15) is 31.4 Å². The van der Waals surface area contributed by atoms with E-state index in [0.717, 1.165) is 12.2 Å². The monoisotopic (exact) mass is 152 g/mol. The normalized spacial score (nSPS) is 17.2. The number of aromatic nitrogens is 2. The molecule has 1 saturated carbocycles. The molecule has 1 heterocycles. The first-order valence-electron chi connectivity index (χ1n) is 4.11. The first kappa shape index (κ1) is 6.70. The Morgan fingerprint density at radius 1 is 1.73 bits per heavy atom. The van der Waals surface area contributed by atoms with Crippen LogP contribution in [0.4, 0.5) is 0 Å². The minimum Gasteiger partial charge on any atom is -0.299 e. The Hall–Kier alpha value is -0.990. The maximum Gasteiger partial charge on any atom is 0.266 e. The summed E-state index contributed by atoms with van der Waals surface area (Å²) in [6.45, 7) is 2.71. The van der Waals surface area contributed by atoms with Gasteiger partial charge in [0.05, 0.1) is 0 Å². The fourth-order valence-corrected chi connectivity index (χ4v) is 1.29. The van der Waals surface area contributed by atoms with Crippen LogP contribution in [0.25, 0.3) is 0 Å². The Kier molecular flexibility index (Phi) is 1.37. The van der Waals surface area contributed by atoms with Crippen molar-refractivity contribution in [3.05, 3.63) is 22.1 Å². The number of nitrogens with one attached hydrogen (secondary N) is 1. The van der Waals surface area contributed by atoms with Gasteiger partial charge in [0, 0.05) is 24.2 Å². The third-order valence-corrected chi connectivity index (χ3v) is 2.14. The third kappa shape index (κ3) is 1.11. The maximum atomic E-state index is 11.1. The summed E-state index contributed by atoms with van der Waals surface area (Å²) in [6, 6.07) is 1.72. The molecule has 0 aromatic carbocycles. The Labute approximate surface area is 65.0 Å². The lowest BCUT2D eigenvalue weighted by molar-refractivity contribution is 0.628. The van der Waals surface area contributed by atoms with E-state index >= 15 is 0 Å². The van der Waals surface area contributed by atoms with Crippen molar-refractivity contribution in [1.82, 2.24) is 9.78 Å². The van der Waals surface area contributed by atoms with Crippen LogP contribution < -0.4 is 5.56 Å². The molecular formula is C8H12N2O. The highest BCUT2D eigenvalue weighted by Gasteiger charge is 2.25. The zero-order chi connectivity index (χ0) is 7.84. The van der Waals surface area contributed by atoms with Gasteiger partial charge in [0.25, 0.3) is 5.56 Å². The average Bonchev–Trinajstić information content (AvgIpc) is 2.76. The topological polar surface area (TPSA) is 37.8 Å². The van der Waals surface area contributed by atoms with Gasteiger partial charge in [-0.3, -0.25) is 14.6 Å². The molecule has 3 heteroatoms. The lowest BCUT2D eigenvalue weighted by Gasteiger charge is -1.93. The maximum absolute atomic E-state index is 11.1. The molecule has 0 atom stereocenters. The van der Waals surface area contributed by atoms with Gasteiger partial charge in [0.15, 0.2) is 0 Å². The number of nitrogens with zero attached hydrogens (tertiary/aromatic N) is 1. The lowest BCUT2D eigenvalue weighted by Crippen LogP contribution is -2.13. The van der Waals surface area contributed by atoms with Crippen LogP contribution >= 0.6 is 0 Å². The molecule has 1 aliphatic carbocycles. The molecule has 0 bridgehead atoms. The fraction of sp³-hybridized carbons (Fsp3) is 0.625. The highest BCUT2D eigenvalue weighted by atomic mass is 16.1. The molecule has 0 radical (unpaired) electrons. The number of aryl methyl sites for hydroxylation is 1. The van der Waals surface area contributed by atoms with Crippen molar-refractivity contribution < 1.29 is 0 Å². The summed E-state index contributed by atoms with van der Waals surface area (Å²) in [7, 11) is 0. The van der Waals surface area contributed by atoms with E-state index in [1.165, 1.54) is 12.8 Å². The van der Waals surface area contributed by atoms with Crippen molar-refractivity contribution in [3.63, 3.8) is 0 Å². The SMILES string of the molecule is CCn1[nH]c(C2CC2)cc1=O. The summed E-state index contributed by atoms with van der Waals surface area (Å²) < 4.78 is 1.65. The van der Waals surface area contributed by atoms with Crippen LogP contribution in [0.5, 0.6) is 0 Å². The zero-order valence-electron chi connectivity index (χ0n) is 6.63. The molecule has 1 N–H and O–H groups in total. The van der Waals surface area contributed by atoms with Gasteiger partial charge in [-0.05, 0) is 19.8 Å². The van der Waals surface area contributed by atoms with E-state index in [1.54, 1.807) is 10.7 Å². The van der Waals surface area contributed by atoms with E-state index in [0.29, 0.717) is 5.92 Å². The molecule has 0 unspecified atom stereocenters. The molecule has 1 aromatic rings. The molecule has 0 amide bonds. The molecule has 1 fully saturated rings. The lowest BCUT2D eigenvalue weighted by atomic mass is 10.3. The van der Waals surface area contributed by atoms with E-state index in [2.05, 4.69) is 5.10 Å². The van der Waals surface area contributed by atoms with Crippen LogP contribution in [0.2, 0.25) is 0 Å². The van der Waals surface area contributed by atoms with Crippen LogP contribution in [0.15, 0.2) is 10.9 Å². The van der Waals surface area contributed by atoms with Crippen LogP contribution in [0.3, 0.4) is 0 Å². The highest BCUT2D eigenvalue weighted by molar-refractivity contribution is 5.12. The summed E-state index contributed by atoms with van der Waals surface area (Å²) in [5, 5.41) is 3.10. The van der Waals surface area contributed by atoms with Crippen molar-refractivity contribution in [3.8, 4) is 0 Å². The number of hydrogen-bond acceptors (Lipinski definition) is 1. The van der Waals surface area contributed by atoms with E-state index < -0.39 is 0 Å². The quantitative estimate of drug-likeness (QED) is 0.676. The molecular weight excluding hydrogens is 140 g/mol. The van der Waals surface area contributed by atoms with E-state index in [-0.39, 0.29) is 5.56 Å². The van der Waals surface area contributed by atoms with Crippen molar-refractivity contribution >= 4 is 0 Å². The minimum absolute atomic E-state index is 0.106. The standard InChI is InChI=1S/C8H12N2O/c1-2-10-8(11)5-7(9-10)6-3-4-6/h5-6,9H,2-4H2,1H3. The van der Waals surface area contributed by atoms with Gasteiger partial charge < -0.3 is 0 Å². The van der Waals surface area contributed by atoms with Gasteiger partial charge in [-0.15, -0.1) is 0 Å². The van der Waals surface area contributed by atoms with Gasteiger partial charge in [-0.2, -0.15) is 0 Å². The zero-order valence-corrected chi connectivity index (χ0v) is 6.63. The van der Waals surface area contributed by atoms with E-state index in [9.17, 15) is 4.79 Å². The first-order chi connectivity index (χ1) is 5.31. The predicted molar refractivity (Wildman–Crippen MR) is 42.7 cm³/mol. The van der Waals surface area contributed by atoms with E-state index in [4.69, 9.17) is 0 Å². The number of rotatable bonds is 2. The predicted octanol–water partition coefficient (Wildman–Crippen LogP) is 1.07.